The first-order valence-corrected chi connectivity index (χ1v) is 5.32. The molecule has 1 aromatic rings. The summed E-state index contributed by atoms with van der Waals surface area (Å²) in [6.45, 7) is 4.00. The molecule has 0 aliphatic heterocycles. The topological polar surface area (TPSA) is 47.6 Å². The highest BCUT2D eigenvalue weighted by Crippen LogP contribution is 2.15. The zero-order valence-electron chi connectivity index (χ0n) is 9.38. The zero-order valence-corrected chi connectivity index (χ0v) is 12.0. The minimum Gasteiger partial charge on any atom is -0.469 e. The van der Waals surface area contributed by atoms with Gasteiger partial charge in [0.1, 0.15) is 5.75 Å². The van der Waals surface area contributed by atoms with Crippen molar-refractivity contribution < 1.29 is 4.74 Å². The summed E-state index contributed by atoms with van der Waals surface area (Å²) in [5, 5.41) is 0.245. The average molecular weight is 305 g/mol. The Morgan fingerprint density at radius 2 is 2.25 bits per heavy atom. The summed E-state index contributed by atoms with van der Waals surface area (Å²) in [5.41, 5.74) is 6.54. The zero-order chi connectivity index (χ0) is 11.3. The van der Waals surface area contributed by atoms with Gasteiger partial charge in [0.2, 0.25) is 0 Å². The fourth-order valence-electron chi connectivity index (χ4n) is 1.19. The van der Waals surface area contributed by atoms with Gasteiger partial charge < -0.3 is 10.5 Å². The van der Waals surface area contributed by atoms with Crippen molar-refractivity contribution in [3.63, 3.8) is 0 Å². The van der Waals surface area contributed by atoms with Crippen molar-refractivity contribution in [2.45, 2.75) is 26.5 Å². The van der Waals surface area contributed by atoms with Crippen LogP contribution in [0, 0.1) is 6.92 Å². The van der Waals surface area contributed by atoms with Crippen LogP contribution < -0.4 is 10.5 Å². The first-order chi connectivity index (χ1) is 7.11. The number of thiol groups is 1. The summed E-state index contributed by atoms with van der Waals surface area (Å²) < 4.78 is 5.64. The van der Waals surface area contributed by atoms with E-state index in [-0.39, 0.29) is 28.4 Å². The van der Waals surface area contributed by atoms with Crippen LogP contribution in [0.1, 0.15) is 18.9 Å². The van der Waals surface area contributed by atoms with Gasteiger partial charge in [-0.1, -0.05) is 19.1 Å². The molecule has 0 fully saturated rings. The molecule has 2 N–H and O–H groups in total. The lowest BCUT2D eigenvalue weighted by atomic mass is 10.2. The number of aliphatic imine (C=N–C) groups is 1. The Kier molecular flexibility index (Phi) is 7.25. The Hall–Kier alpha value is -0.680. The molecule has 1 aromatic carbocycles. The predicted octanol–water partition coefficient (Wildman–Crippen LogP) is 2.93. The van der Waals surface area contributed by atoms with Gasteiger partial charge in [-0.2, -0.15) is 0 Å². The molecule has 0 aliphatic rings. The van der Waals surface area contributed by atoms with Gasteiger partial charge in [-0.05, 0) is 24.6 Å². The van der Waals surface area contributed by atoms with Crippen LogP contribution in [-0.2, 0) is 0 Å². The minimum atomic E-state index is -0.260. The quantitative estimate of drug-likeness (QED) is 0.510. The lowest BCUT2D eigenvalue weighted by Gasteiger charge is -2.13. The average Bonchev–Trinajstić information content (AvgIpc) is 2.16. The normalized spacial score (nSPS) is 12.8. The van der Waals surface area contributed by atoms with Gasteiger partial charge in [0.15, 0.2) is 11.4 Å². The molecular formula is C11H17BrN2OS. The largest absolute Gasteiger partial charge is 0.469 e. The van der Waals surface area contributed by atoms with Crippen LogP contribution in [0.2, 0.25) is 0 Å². The third kappa shape index (κ3) is 5.42. The van der Waals surface area contributed by atoms with Crippen molar-refractivity contribution in [2.75, 3.05) is 0 Å². The molecule has 0 spiro atoms. The summed E-state index contributed by atoms with van der Waals surface area (Å²) >= 11 is 3.93. The third-order valence-corrected chi connectivity index (χ3v) is 2.00. The molecule has 0 radical (unpaired) electrons. The second kappa shape index (κ2) is 7.57. The number of nitrogens with zero attached hydrogens (tertiary/aromatic N) is 1. The molecule has 0 amide bonds. The number of aryl methyl sites for hydroxylation is 1. The van der Waals surface area contributed by atoms with Crippen LogP contribution in [0.4, 0.5) is 0 Å². The van der Waals surface area contributed by atoms with Gasteiger partial charge in [-0.25, -0.2) is 4.99 Å². The first-order valence-electron chi connectivity index (χ1n) is 4.87. The molecule has 0 bridgehead atoms. The highest BCUT2D eigenvalue weighted by atomic mass is 79.9. The number of nitrogens with two attached hydrogens (primary N) is 1. The van der Waals surface area contributed by atoms with E-state index < -0.39 is 0 Å². The van der Waals surface area contributed by atoms with Gasteiger partial charge in [0.25, 0.3) is 0 Å². The Labute approximate surface area is 112 Å². The monoisotopic (exact) mass is 304 g/mol. The summed E-state index contributed by atoms with van der Waals surface area (Å²) in [5.74, 6) is 0.806. The van der Waals surface area contributed by atoms with Crippen LogP contribution in [-0.4, -0.2) is 11.4 Å². The smallest absolute Gasteiger partial charge is 0.192 e. The van der Waals surface area contributed by atoms with E-state index in [9.17, 15) is 0 Å². The number of ether oxygens (including phenoxy) is 1. The predicted molar refractivity (Wildman–Crippen MR) is 76.8 cm³/mol. The van der Waals surface area contributed by atoms with Gasteiger partial charge in [0.05, 0.1) is 0 Å². The van der Waals surface area contributed by atoms with Gasteiger partial charge in [-0.15, -0.1) is 29.6 Å². The molecule has 0 aromatic heterocycles. The molecule has 5 heteroatoms. The number of halogens is 1. The van der Waals surface area contributed by atoms with E-state index in [1.807, 2.05) is 38.1 Å². The van der Waals surface area contributed by atoms with E-state index in [1.165, 1.54) is 0 Å². The Morgan fingerprint density at radius 3 is 2.75 bits per heavy atom. The Balaban J connectivity index is 0.00000225. The van der Waals surface area contributed by atoms with Crippen LogP contribution in [0.15, 0.2) is 29.3 Å². The van der Waals surface area contributed by atoms with Crippen molar-refractivity contribution in [3.05, 3.63) is 29.8 Å². The summed E-state index contributed by atoms with van der Waals surface area (Å²) in [6.07, 6.45) is 0.499. The van der Waals surface area contributed by atoms with Crippen LogP contribution in [0.25, 0.3) is 0 Å². The van der Waals surface area contributed by atoms with Crippen LogP contribution in [0.3, 0.4) is 0 Å². The van der Waals surface area contributed by atoms with E-state index in [1.54, 1.807) is 0 Å². The molecule has 0 heterocycles. The molecule has 16 heavy (non-hydrogen) atoms. The highest BCUT2D eigenvalue weighted by Gasteiger charge is 2.05. The standard InChI is InChI=1S/C11H16N2OS.BrH/c1-3-10(13-11(12)15)14-9-6-4-5-8(2)7-9;/h4-7,10H,3H2,1-2H3,(H3,12,13,15);1H/t10-;/m0./s1. The van der Waals surface area contributed by atoms with Gasteiger partial charge in [-0.3, -0.25) is 0 Å². The maximum atomic E-state index is 5.64. The maximum Gasteiger partial charge on any atom is 0.192 e. The molecule has 0 saturated heterocycles. The maximum absolute atomic E-state index is 5.64. The second-order valence-corrected chi connectivity index (χ2v) is 3.74. The number of amidine groups is 1. The Morgan fingerprint density at radius 1 is 1.56 bits per heavy atom. The van der Waals surface area contributed by atoms with Crippen molar-refractivity contribution >= 4 is 34.8 Å². The lowest BCUT2D eigenvalue weighted by molar-refractivity contribution is 0.207. The molecular weight excluding hydrogens is 288 g/mol. The lowest BCUT2D eigenvalue weighted by Crippen LogP contribution is -2.17. The molecule has 90 valence electrons. The van der Waals surface area contributed by atoms with Crippen LogP contribution >= 0.6 is 29.6 Å². The summed E-state index contributed by atoms with van der Waals surface area (Å²) in [4.78, 5) is 4.06. The fourth-order valence-corrected chi connectivity index (χ4v) is 1.32. The Bertz CT molecular complexity index is 354. The highest BCUT2D eigenvalue weighted by molar-refractivity contribution is 8.93. The van der Waals surface area contributed by atoms with E-state index in [2.05, 4.69) is 17.6 Å². The summed E-state index contributed by atoms with van der Waals surface area (Å²) in [6, 6.07) is 7.84. The van der Waals surface area contributed by atoms with Crippen molar-refractivity contribution in [1.29, 1.82) is 0 Å². The van der Waals surface area contributed by atoms with Crippen LogP contribution in [0.5, 0.6) is 5.75 Å². The van der Waals surface area contributed by atoms with Gasteiger partial charge in [0, 0.05) is 6.42 Å². The molecule has 3 nitrogen and oxygen atoms in total. The van der Waals surface area contributed by atoms with Gasteiger partial charge >= 0.3 is 0 Å². The van der Waals surface area contributed by atoms with Crippen molar-refractivity contribution in [2.24, 2.45) is 10.7 Å². The van der Waals surface area contributed by atoms with Crippen molar-refractivity contribution in [1.82, 2.24) is 0 Å². The number of hydrogen-bond donors (Lipinski definition) is 2. The molecule has 0 unspecified atom stereocenters. The summed E-state index contributed by atoms with van der Waals surface area (Å²) in [7, 11) is 0. The molecule has 1 atom stereocenters. The second-order valence-electron chi connectivity index (χ2n) is 3.28. The van der Waals surface area contributed by atoms with E-state index in [0.29, 0.717) is 0 Å². The number of benzene rings is 1. The molecule has 0 aliphatic carbocycles. The van der Waals surface area contributed by atoms with E-state index in [0.717, 1.165) is 17.7 Å². The minimum absolute atomic E-state index is 0. The number of hydrogen-bond acceptors (Lipinski definition) is 2. The SMILES string of the molecule is Br.CC[C@@H](/N=C(/N)S)Oc1cccc(C)c1. The third-order valence-electron chi connectivity index (χ3n) is 1.89. The molecule has 0 saturated carbocycles. The van der Waals surface area contributed by atoms with E-state index in [4.69, 9.17) is 10.5 Å². The molecule has 1 rings (SSSR count). The van der Waals surface area contributed by atoms with E-state index >= 15 is 0 Å². The number of rotatable bonds is 4. The first kappa shape index (κ1) is 15.3. The van der Waals surface area contributed by atoms with Crippen molar-refractivity contribution in [3.8, 4) is 5.75 Å². The fraction of sp³-hybridized carbons (Fsp3) is 0.364.